The third-order valence-electron chi connectivity index (χ3n) is 3.42. The number of hydrogen-bond acceptors (Lipinski definition) is 2. The fourth-order valence-electron chi connectivity index (χ4n) is 2.31. The average molecular weight is 262 g/mol. The molecule has 0 fully saturated rings. The minimum absolute atomic E-state index is 0.187. The van der Waals surface area contributed by atoms with E-state index in [1.807, 2.05) is 19.0 Å². The summed E-state index contributed by atoms with van der Waals surface area (Å²) in [7, 11) is 3.79. The smallest absolute Gasteiger partial charge is 0.226 e. The largest absolute Gasteiger partial charge is 0.320 e. The number of nitrogens with one attached hydrogen (secondary N) is 1. The third-order valence-corrected chi connectivity index (χ3v) is 3.42. The number of amides is 1. The number of rotatable bonds is 6. The van der Waals surface area contributed by atoms with Gasteiger partial charge in [-0.1, -0.05) is 32.0 Å². The van der Waals surface area contributed by atoms with Crippen LogP contribution in [0.4, 0.5) is 5.69 Å². The minimum atomic E-state index is 0.187. The van der Waals surface area contributed by atoms with Crippen molar-refractivity contribution >= 4 is 11.6 Å². The van der Waals surface area contributed by atoms with Crippen molar-refractivity contribution < 1.29 is 4.79 Å². The molecule has 0 saturated carbocycles. The van der Waals surface area contributed by atoms with Crippen LogP contribution in [0.25, 0.3) is 0 Å². The standard InChI is InChI=1S/C16H26N2O/c1-12(2)14-9-6-8-13(3)16(14)18(5)15(19)10-7-11-17-4/h6,8-9,12,17H,7,10-11H2,1-5H3. The van der Waals surface area contributed by atoms with Gasteiger partial charge in [-0.25, -0.2) is 0 Å². The topological polar surface area (TPSA) is 32.3 Å². The molecular formula is C16H26N2O. The molecule has 0 aliphatic heterocycles. The number of carbonyl (C=O) groups excluding carboxylic acids is 1. The molecule has 3 heteroatoms. The van der Waals surface area contributed by atoms with E-state index in [4.69, 9.17) is 0 Å². The highest BCUT2D eigenvalue weighted by molar-refractivity contribution is 5.94. The molecule has 0 unspecified atom stereocenters. The maximum atomic E-state index is 12.2. The molecular weight excluding hydrogens is 236 g/mol. The van der Waals surface area contributed by atoms with Crippen molar-refractivity contribution in [3.8, 4) is 0 Å². The lowest BCUT2D eigenvalue weighted by Gasteiger charge is -2.24. The first kappa shape index (κ1) is 15.7. The van der Waals surface area contributed by atoms with Crippen LogP contribution >= 0.6 is 0 Å². The number of hydrogen-bond donors (Lipinski definition) is 1. The van der Waals surface area contributed by atoms with E-state index >= 15 is 0 Å². The summed E-state index contributed by atoms with van der Waals surface area (Å²) in [6, 6.07) is 6.25. The van der Waals surface area contributed by atoms with Crippen LogP contribution in [0.3, 0.4) is 0 Å². The van der Waals surface area contributed by atoms with Gasteiger partial charge in [-0.15, -0.1) is 0 Å². The second-order valence-corrected chi connectivity index (χ2v) is 5.33. The molecule has 0 saturated heterocycles. The van der Waals surface area contributed by atoms with Crippen LogP contribution in [0.2, 0.25) is 0 Å². The zero-order valence-corrected chi connectivity index (χ0v) is 12.8. The monoisotopic (exact) mass is 262 g/mol. The Morgan fingerprint density at radius 3 is 2.63 bits per heavy atom. The van der Waals surface area contributed by atoms with Gasteiger partial charge in [-0.2, -0.15) is 0 Å². The Bertz CT molecular complexity index is 427. The van der Waals surface area contributed by atoms with Gasteiger partial charge < -0.3 is 10.2 Å². The van der Waals surface area contributed by atoms with Crippen LogP contribution in [0.1, 0.15) is 43.7 Å². The predicted molar refractivity (Wildman–Crippen MR) is 81.8 cm³/mol. The Balaban J connectivity index is 2.92. The summed E-state index contributed by atoms with van der Waals surface area (Å²) in [4.78, 5) is 14.1. The van der Waals surface area contributed by atoms with Crippen molar-refractivity contribution in [3.63, 3.8) is 0 Å². The molecule has 1 aromatic carbocycles. The molecule has 0 aromatic heterocycles. The summed E-state index contributed by atoms with van der Waals surface area (Å²) >= 11 is 0. The van der Waals surface area contributed by atoms with E-state index in [9.17, 15) is 4.79 Å². The summed E-state index contributed by atoms with van der Waals surface area (Å²) in [5.74, 6) is 0.605. The van der Waals surface area contributed by atoms with Gasteiger partial charge in [0.25, 0.3) is 0 Å². The van der Waals surface area contributed by atoms with Crippen LogP contribution in [0.5, 0.6) is 0 Å². The molecule has 0 heterocycles. The van der Waals surface area contributed by atoms with Gasteiger partial charge in [-0.3, -0.25) is 4.79 Å². The van der Waals surface area contributed by atoms with Gasteiger partial charge in [-0.05, 0) is 44.0 Å². The Kier molecular flexibility index (Phi) is 6.03. The first-order valence-electron chi connectivity index (χ1n) is 6.99. The van der Waals surface area contributed by atoms with Crippen LogP contribution in [-0.4, -0.2) is 26.5 Å². The van der Waals surface area contributed by atoms with Crippen molar-refractivity contribution in [2.75, 3.05) is 25.5 Å². The van der Waals surface area contributed by atoms with E-state index in [1.165, 1.54) is 5.56 Å². The highest BCUT2D eigenvalue weighted by atomic mass is 16.2. The van der Waals surface area contributed by atoms with Crippen LogP contribution in [0.15, 0.2) is 18.2 Å². The lowest BCUT2D eigenvalue weighted by atomic mass is 9.97. The first-order valence-corrected chi connectivity index (χ1v) is 6.99. The Morgan fingerprint density at radius 1 is 1.37 bits per heavy atom. The maximum absolute atomic E-state index is 12.2. The number of benzene rings is 1. The van der Waals surface area contributed by atoms with Gasteiger partial charge in [0.2, 0.25) is 5.91 Å². The van der Waals surface area contributed by atoms with Crippen molar-refractivity contribution in [2.24, 2.45) is 0 Å². The molecule has 106 valence electrons. The van der Waals surface area contributed by atoms with E-state index < -0.39 is 0 Å². The second kappa shape index (κ2) is 7.29. The number of aryl methyl sites for hydroxylation is 1. The number of anilines is 1. The van der Waals surface area contributed by atoms with E-state index in [2.05, 4.69) is 44.3 Å². The molecule has 0 aliphatic carbocycles. The molecule has 0 aliphatic rings. The average Bonchev–Trinajstić information content (AvgIpc) is 2.37. The van der Waals surface area contributed by atoms with Crippen LogP contribution in [-0.2, 0) is 4.79 Å². The summed E-state index contributed by atoms with van der Waals surface area (Å²) in [5, 5.41) is 3.07. The van der Waals surface area contributed by atoms with Gasteiger partial charge in [0.1, 0.15) is 0 Å². The number of carbonyl (C=O) groups is 1. The summed E-state index contributed by atoms with van der Waals surface area (Å²) < 4.78 is 0. The van der Waals surface area contributed by atoms with Gasteiger partial charge in [0.05, 0.1) is 0 Å². The molecule has 3 nitrogen and oxygen atoms in total. The fourth-order valence-corrected chi connectivity index (χ4v) is 2.31. The van der Waals surface area contributed by atoms with Gasteiger partial charge >= 0.3 is 0 Å². The Morgan fingerprint density at radius 2 is 2.05 bits per heavy atom. The predicted octanol–water partition coefficient (Wildman–Crippen LogP) is 3.08. The lowest BCUT2D eigenvalue weighted by Crippen LogP contribution is -2.28. The van der Waals surface area contributed by atoms with E-state index in [-0.39, 0.29) is 5.91 Å². The number of nitrogens with zero attached hydrogens (tertiary/aromatic N) is 1. The highest BCUT2D eigenvalue weighted by Gasteiger charge is 2.17. The highest BCUT2D eigenvalue weighted by Crippen LogP contribution is 2.30. The molecule has 0 spiro atoms. The molecule has 1 aromatic rings. The van der Waals surface area contributed by atoms with Crippen molar-refractivity contribution in [2.45, 2.75) is 39.5 Å². The zero-order chi connectivity index (χ0) is 14.4. The van der Waals surface area contributed by atoms with Crippen LogP contribution in [0, 0.1) is 6.92 Å². The summed E-state index contributed by atoms with van der Waals surface area (Å²) in [6.45, 7) is 7.28. The molecule has 1 amide bonds. The molecule has 0 atom stereocenters. The quantitative estimate of drug-likeness (QED) is 0.799. The molecule has 19 heavy (non-hydrogen) atoms. The lowest BCUT2D eigenvalue weighted by molar-refractivity contribution is -0.118. The Labute approximate surface area is 117 Å². The normalized spacial score (nSPS) is 10.8. The maximum Gasteiger partial charge on any atom is 0.226 e. The van der Waals surface area contributed by atoms with Gasteiger partial charge in [0, 0.05) is 19.2 Å². The van der Waals surface area contributed by atoms with Crippen molar-refractivity contribution in [3.05, 3.63) is 29.3 Å². The van der Waals surface area contributed by atoms with E-state index in [0.29, 0.717) is 12.3 Å². The molecule has 1 rings (SSSR count). The third kappa shape index (κ3) is 4.06. The molecule has 0 bridgehead atoms. The number of para-hydroxylation sites is 1. The molecule has 0 radical (unpaired) electrons. The first-order chi connectivity index (χ1) is 8.99. The second-order valence-electron chi connectivity index (χ2n) is 5.33. The van der Waals surface area contributed by atoms with Gasteiger partial charge in [0.15, 0.2) is 0 Å². The Hall–Kier alpha value is -1.35. The minimum Gasteiger partial charge on any atom is -0.320 e. The SMILES string of the molecule is CNCCCC(=O)N(C)c1c(C)cccc1C(C)C. The van der Waals surface area contributed by atoms with E-state index in [0.717, 1.165) is 24.2 Å². The zero-order valence-electron chi connectivity index (χ0n) is 12.8. The fraction of sp³-hybridized carbons (Fsp3) is 0.562. The van der Waals surface area contributed by atoms with Crippen molar-refractivity contribution in [1.82, 2.24) is 5.32 Å². The molecule has 1 N–H and O–H groups in total. The summed E-state index contributed by atoms with van der Waals surface area (Å²) in [6.07, 6.45) is 1.46. The van der Waals surface area contributed by atoms with Crippen molar-refractivity contribution in [1.29, 1.82) is 0 Å². The van der Waals surface area contributed by atoms with E-state index in [1.54, 1.807) is 0 Å². The summed E-state index contributed by atoms with van der Waals surface area (Å²) in [5.41, 5.74) is 3.48. The van der Waals surface area contributed by atoms with Crippen LogP contribution < -0.4 is 10.2 Å².